The predicted molar refractivity (Wildman–Crippen MR) is 73.1 cm³/mol. The highest BCUT2D eigenvalue weighted by Gasteiger charge is 2.20. The van der Waals surface area contributed by atoms with Gasteiger partial charge in [-0.2, -0.15) is 0 Å². The summed E-state index contributed by atoms with van der Waals surface area (Å²) in [5.41, 5.74) is 1.28. The molecule has 1 saturated carbocycles. The summed E-state index contributed by atoms with van der Waals surface area (Å²) in [4.78, 5) is 12.0. The zero-order valence-corrected chi connectivity index (χ0v) is 11.2. The summed E-state index contributed by atoms with van der Waals surface area (Å²) in [5.74, 6) is 0.567. The summed E-state index contributed by atoms with van der Waals surface area (Å²) in [7, 11) is 0. The summed E-state index contributed by atoms with van der Waals surface area (Å²) in [6.07, 6.45) is 3.44. The van der Waals surface area contributed by atoms with Gasteiger partial charge in [-0.25, -0.2) is 0 Å². The lowest BCUT2D eigenvalue weighted by Crippen LogP contribution is -2.32. The Morgan fingerprint density at radius 2 is 2.00 bits per heavy atom. The number of phenolic OH excluding ortho intramolecular Hbond substituents is 1. The van der Waals surface area contributed by atoms with Crippen LogP contribution in [-0.4, -0.2) is 28.8 Å². The molecule has 0 aliphatic heterocycles. The van der Waals surface area contributed by atoms with Crippen molar-refractivity contribution in [1.29, 1.82) is 0 Å². The number of aromatic hydroxyl groups is 1. The lowest BCUT2D eigenvalue weighted by molar-refractivity contribution is 0.0910. The highest BCUT2D eigenvalue weighted by Crippen LogP contribution is 2.23. The number of aryl methyl sites for hydroxylation is 1. The maximum absolute atomic E-state index is 12.0. The van der Waals surface area contributed by atoms with Gasteiger partial charge in [0.1, 0.15) is 5.75 Å². The third-order valence-corrected chi connectivity index (χ3v) is 3.83. The van der Waals surface area contributed by atoms with Gasteiger partial charge in [0, 0.05) is 12.1 Å². The molecule has 0 aromatic heterocycles. The number of carbonyl (C=O) groups excluding carboxylic acids is 1. The van der Waals surface area contributed by atoms with Crippen molar-refractivity contribution in [3.8, 4) is 5.75 Å². The largest absolute Gasteiger partial charge is 0.508 e. The maximum Gasteiger partial charge on any atom is 0.251 e. The lowest BCUT2D eigenvalue weighted by Gasteiger charge is -2.25. The van der Waals surface area contributed by atoms with Crippen LogP contribution >= 0.6 is 0 Å². The van der Waals surface area contributed by atoms with Crippen LogP contribution in [0.3, 0.4) is 0 Å². The van der Waals surface area contributed by atoms with E-state index in [2.05, 4.69) is 5.32 Å². The third-order valence-electron chi connectivity index (χ3n) is 3.83. The van der Waals surface area contributed by atoms with Gasteiger partial charge in [-0.3, -0.25) is 4.79 Å². The molecule has 3 N–H and O–H groups in total. The van der Waals surface area contributed by atoms with E-state index < -0.39 is 0 Å². The van der Waals surface area contributed by atoms with Crippen molar-refractivity contribution in [2.24, 2.45) is 5.92 Å². The molecule has 0 bridgehead atoms. The fourth-order valence-electron chi connectivity index (χ4n) is 2.48. The Labute approximate surface area is 113 Å². The lowest BCUT2D eigenvalue weighted by atomic mass is 9.87. The Hall–Kier alpha value is -1.55. The second-order valence-corrected chi connectivity index (χ2v) is 5.39. The first-order valence-electron chi connectivity index (χ1n) is 6.82. The van der Waals surface area contributed by atoms with Crippen molar-refractivity contribution in [3.05, 3.63) is 29.3 Å². The van der Waals surface area contributed by atoms with E-state index in [0.717, 1.165) is 25.7 Å². The first-order chi connectivity index (χ1) is 9.06. The van der Waals surface area contributed by atoms with Crippen LogP contribution in [-0.2, 0) is 0 Å². The number of aliphatic hydroxyl groups excluding tert-OH is 1. The third kappa shape index (κ3) is 3.70. The number of rotatable bonds is 3. The molecular weight excluding hydrogens is 242 g/mol. The van der Waals surface area contributed by atoms with Crippen molar-refractivity contribution in [2.45, 2.75) is 38.7 Å². The van der Waals surface area contributed by atoms with E-state index in [1.165, 1.54) is 0 Å². The van der Waals surface area contributed by atoms with Crippen LogP contribution in [0.15, 0.2) is 18.2 Å². The predicted octanol–water partition coefficient (Wildman–Crippen LogP) is 1.98. The maximum atomic E-state index is 12.0. The number of benzene rings is 1. The van der Waals surface area contributed by atoms with E-state index >= 15 is 0 Å². The molecule has 1 aromatic carbocycles. The molecule has 0 saturated heterocycles. The molecule has 1 aliphatic carbocycles. The second-order valence-electron chi connectivity index (χ2n) is 5.39. The van der Waals surface area contributed by atoms with Crippen molar-refractivity contribution in [3.63, 3.8) is 0 Å². The van der Waals surface area contributed by atoms with Crippen LogP contribution in [0.4, 0.5) is 0 Å². The van der Waals surface area contributed by atoms with Gasteiger partial charge >= 0.3 is 0 Å². The topological polar surface area (TPSA) is 69.6 Å². The fraction of sp³-hybridized carbons (Fsp3) is 0.533. The number of carbonyl (C=O) groups is 1. The van der Waals surface area contributed by atoms with E-state index in [9.17, 15) is 15.0 Å². The Bertz CT molecular complexity index is 451. The minimum absolute atomic E-state index is 0.103. The summed E-state index contributed by atoms with van der Waals surface area (Å²) in [6, 6.07) is 4.86. The number of hydrogen-bond acceptors (Lipinski definition) is 3. The van der Waals surface area contributed by atoms with E-state index in [1.807, 2.05) is 0 Å². The minimum Gasteiger partial charge on any atom is -0.508 e. The molecular formula is C15H21NO3. The number of amides is 1. The van der Waals surface area contributed by atoms with Crippen molar-refractivity contribution in [2.75, 3.05) is 6.54 Å². The second kappa shape index (κ2) is 6.06. The molecule has 104 valence electrons. The number of phenols is 1. The Kier molecular flexibility index (Phi) is 4.43. The summed E-state index contributed by atoms with van der Waals surface area (Å²) in [5, 5.41) is 21.8. The van der Waals surface area contributed by atoms with E-state index in [0.29, 0.717) is 23.6 Å². The van der Waals surface area contributed by atoms with Gasteiger partial charge in [0.05, 0.1) is 6.10 Å². The summed E-state index contributed by atoms with van der Waals surface area (Å²) < 4.78 is 0. The van der Waals surface area contributed by atoms with Gasteiger partial charge in [0.25, 0.3) is 5.91 Å². The first kappa shape index (κ1) is 13.9. The van der Waals surface area contributed by atoms with Gasteiger partial charge in [-0.1, -0.05) is 0 Å². The molecule has 0 unspecified atom stereocenters. The first-order valence-corrected chi connectivity index (χ1v) is 6.82. The van der Waals surface area contributed by atoms with Crippen molar-refractivity contribution < 1.29 is 15.0 Å². The van der Waals surface area contributed by atoms with Gasteiger partial charge in [0.15, 0.2) is 0 Å². The van der Waals surface area contributed by atoms with Crippen LogP contribution in [0.5, 0.6) is 5.75 Å². The van der Waals surface area contributed by atoms with E-state index in [1.54, 1.807) is 25.1 Å². The van der Waals surface area contributed by atoms with Crippen LogP contribution in [0.1, 0.15) is 41.6 Å². The van der Waals surface area contributed by atoms with Gasteiger partial charge in [-0.15, -0.1) is 0 Å². The normalized spacial score (nSPS) is 23.1. The van der Waals surface area contributed by atoms with Crippen LogP contribution < -0.4 is 5.32 Å². The van der Waals surface area contributed by atoms with E-state index in [-0.39, 0.29) is 17.8 Å². The molecule has 2 rings (SSSR count). The molecule has 19 heavy (non-hydrogen) atoms. The highest BCUT2D eigenvalue weighted by atomic mass is 16.3. The summed E-state index contributed by atoms with van der Waals surface area (Å²) >= 11 is 0. The zero-order valence-electron chi connectivity index (χ0n) is 11.2. The molecule has 0 heterocycles. The molecule has 4 heteroatoms. The SMILES string of the molecule is Cc1cc(C(=O)NCC2CCC(O)CC2)ccc1O. The molecule has 1 amide bonds. The quantitative estimate of drug-likeness (QED) is 0.781. The average Bonchev–Trinajstić information content (AvgIpc) is 2.41. The Balaban J connectivity index is 1.85. The highest BCUT2D eigenvalue weighted by molar-refractivity contribution is 5.94. The molecule has 1 aliphatic rings. The molecule has 1 aromatic rings. The van der Waals surface area contributed by atoms with Crippen molar-refractivity contribution >= 4 is 5.91 Å². The molecule has 0 atom stereocenters. The number of aliphatic hydroxyl groups is 1. The van der Waals surface area contributed by atoms with Gasteiger partial charge in [-0.05, 0) is 62.3 Å². The molecule has 1 fully saturated rings. The van der Waals surface area contributed by atoms with E-state index in [4.69, 9.17) is 0 Å². The van der Waals surface area contributed by atoms with Crippen LogP contribution in [0, 0.1) is 12.8 Å². The Morgan fingerprint density at radius 3 is 2.63 bits per heavy atom. The minimum atomic E-state index is -0.160. The fourth-order valence-corrected chi connectivity index (χ4v) is 2.48. The zero-order chi connectivity index (χ0) is 13.8. The molecule has 0 radical (unpaired) electrons. The average molecular weight is 263 g/mol. The number of nitrogens with one attached hydrogen (secondary N) is 1. The Morgan fingerprint density at radius 1 is 1.32 bits per heavy atom. The molecule has 4 nitrogen and oxygen atoms in total. The van der Waals surface area contributed by atoms with Crippen molar-refractivity contribution in [1.82, 2.24) is 5.32 Å². The monoisotopic (exact) mass is 263 g/mol. The standard InChI is InChI=1S/C15H21NO3/c1-10-8-12(4-7-14(10)18)15(19)16-9-11-2-5-13(17)6-3-11/h4,7-8,11,13,17-18H,2-3,5-6,9H2,1H3,(H,16,19). The van der Waals surface area contributed by atoms with Gasteiger partial charge in [0.2, 0.25) is 0 Å². The summed E-state index contributed by atoms with van der Waals surface area (Å²) in [6.45, 7) is 2.43. The molecule has 0 spiro atoms. The van der Waals surface area contributed by atoms with Gasteiger partial charge < -0.3 is 15.5 Å². The van der Waals surface area contributed by atoms with Crippen LogP contribution in [0.2, 0.25) is 0 Å². The van der Waals surface area contributed by atoms with Crippen LogP contribution in [0.25, 0.3) is 0 Å². The smallest absolute Gasteiger partial charge is 0.251 e. The number of hydrogen-bond donors (Lipinski definition) is 3.